The third kappa shape index (κ3) is 4.09. The summed E-state index contributed by atoms with van der Waals surface area (Å²) in [7, 11) is -1.56. The second kappa shape index (κ2) is 8.13. The normalized spacial score (nSPS) is 11.0. The van der Waals surface area contributed by atoms with E-state index in [1.807, 2.05) is 6.07 Å². The zero-order valence-electron chi connectivity index (χ0n) is 16.5. The Morgan fingerprint density at radius 2 is 2.03 bits per heavy atom. The number of hydrogen-bond donors (Lipinski definition) is 4. The maximum absolute atomic E-state index is 14.1. The van der Waals surface area contributed by atoms with E-state index in [1.165, 1.54) is 12.4 Å². The second-order valence-electron chi connectivity index (χ2n) is 6.95. The lowest BCUT2D eigenvalue weighted by Crippen LogP contribution is -2.30. The van der Waals surface area contributed by atoms with E-state index in [1.54, 1.807) is 35.8 Å². The fourth-order valence-electron chi connectivity index (χ4n) is 3.40. The molecule has 2 aromatic carbocycles. The highest BCUT2D eigenvalue weighted by atomic mass is 19.1. The number of primary amides is 1. The molecule has 9 nitrogen and oxygen atoms in total. The van der Waals surface area contributed by atoms with Crippen LogP contribution in [0.2, 0.25) is 0 Å². The van der Waals surface area contributed by atoms with Gasteiger partial charge in [-0.1, -0.05) is 24.3 Å². The van der Waals surface area contributed by atoms with Crippen LogP contribution in [0.5, 0.6) is 0 Å². The van der Waals surface area contributed by atoms with Gasteiger partial charge in [0.15, 0.2) is 0 Å². The van der Waals surface area contributed by atoms with Crippen LogP contribution < -0.4 is 16.5 Å². The number of anilines is 1. The Kier molecular flexibility index (Phi) is 5.36. The number of amides is 1. The molecule has 0 bridgehead atoms. The van der Waals surface area contributed by atoms with Gasteiger partial charge < -0.3 is 21.1 Å². The molecule has 31 heavy (non-hydrogen) atoms. The molecule has 0 aliphatic rings. The summed E-state index contributed by atoms with van der Waals surface area (Å²) in [5.41, 5.74) is 7.74. The van der Waals surface area contributed by atoms with Gasteiger partial charge in [-0.2, -0.15) is 4.98 Å². The monoisotopic (exact) mass is 420 g/mol. The van der Waals surface area contributed by atoms with Crippen LogP contribution in [0.4, 0.5) is 10.3 Å². The Labute approximate surface area is 176 Å². The molecule has 0 radical (unpaired) electrons. The summed E-state index contributed by atoms with van der Waals surface area (Å²) in [6.07, 6.45) is 1.32. The predicted octanol–water partition coefficient (Wildman–Crippen LogP) is 0.654. The minimum absolute atomic E-state index is 0.0789. The summed E-state index contributed by atoms with van der Waals surface area (Å²) in [6.45, 7) is 2.11. The quantitative estimate of drug-likeness (QED) is 0.336. The minimum atomic E-state index is -1.56. The average molecular weight is 420 g/mol. The predicted molar refractivity (Wildman–Crippen MR) is 113 cm³/mol. The zero-order valence-corrected chi connectivity index (χ0v) is 16.5. The summed E-state index contributed by atoms with van der Waals surface area (Å²) in [4.78, 5) is 24.4. The fourth-order valence-corrected chi connectivity index (χ4v) is 3.40. The summed E-state index contributed by atoms with van der Waals surface area (Å²) in [5.74, 6) is -0.813. The van der Waals surface area contributed by atoms with Gasteiger partial charge >= 0.3 is 7.12 Å². The van der Waals surface area contributed by atoms with Crippen LogP contribution in [-0.2, 0) is 6.54 Å². The topological polar surface area (TPSA) is 139 Å². The van der Waals surface area contributed by atoms with Crippen LogP contribution in [0.3, 0.4) is 0 Å². The molecule has 0 saturated heterocycles. The summed E-state index contributed by atoms with van der Waals surface area (Å²) in [6, 6.07) is 10.9. The number of aromatic nitrogens is 4. The van der Waals surface area contributed by atoms with E-state index >= 15 is 0 Å². The van der Waals surface area contributed by atoms with Crippen molar-refractivity contribution in [2.45, 2.75) is 13.5 Å². The van der Waals surface area contributed by atoms with Gasteiger partial charge in [0, 0.05) is 17.6 Å². The number of fused-ring (bicyclic) bond motifs is 1. The van der Waals surface area contributed by atoms with E-state index in [2.05, 4.69) is 20.3 Å². The van der Waals surface area contributed by atoms with Gasteiger partial charge in [-0.3, -0.25) is 9.36 Å². The maximum Gasteiger partial charge on any atom is 0.488 e. The van der Waals surface area contributed by atoms with E-state index in [-0.39, 0.29) is 17.5 Å². The molecule has 4 aromatic rings. The van der Waals surface area contributed by atoms with Gasteiger partial charge in [0.25, 0.3) is 0 Å². The van der Waals surface area contributed by atoms with Crippen LogP contribution in [0, 0.1) is 12.7 Å². The molecule has 156 valence electrons. The number of halogens is 1. The number of nitrogens with zero attached hydrogens (tertiary/aromatic N) is 4. The van der Waals surface area contributed by atoms with E-state index in [0.29, 0.717) is 28.6 Å². The summed E-state index contributed by atoms with van der Waals surface area (Å²) >= 11 is 0. The number of benzene rings is 2. The van der Waals surface area contributed by atoms with Gasteiger partial charge in [-0.25, -0.2) is 14.4 Å². The highest BCUT2D eigenvalue weighted by Crippen LogP contribution is 2.27. The van der Waals surface area contributed by atoms with Crippen LogP contribution in [0.1, 0.15) is 21.6 Å². The van der Waals surface area contributed by atoms with E-state index in [4.69, 9.17) is 5.73 Å². The molecule has 0 saturated carbocycles. The summed E-state index contributed by atoms with van der Waals surface area (Å²) in [5, 5.41) is 22.2. The largest absolute Gasteiger partial charge is 0.488 e. The number of rotatable bonds is 6. The molecule has 0 aliphatic carbocycles. The van der Waals surface area contributed by atoms with Crippen molar-refractivity contribution in [3.8, 4) is 5.95 Å². The Bertz CT molecular complexity index is 1290. The lowest BCUT2D eigenvalue weighted by molar-refractivity contribution is 0.100. The minimum Gasteiger partial charge on any atom is -0.423 e. The lowest BCUT2D eigenvalue weighted by atomic mass is 9.80. The molecule has 0 spiro atoms. The molecule has 11 heteroatoms. The third-order valence-corrected chi connectivity index (χ3v) is 4.79. The van der Waals surface area contributed by atoms with Crippen LogP contribution in [-0.4, -0.2) is 42.6 Å². The van der Waals surface area contributed by atoms with Crippen LogP contribution >= 0.6 is 0 Å². The molecule has 2 heterocycles. The van der Waals surface area contributed by atoms with Gasteiger partial charge in [0.1, 0.15) is 12.1 Å². The standard InChI is InChI=1S/C20H18BFN6O3/c1-11-5-15-16(18(23)29)7-14(22)8-17(15)28(11)20-26-10-25-19(27-20)24-9-12-3-2-4-13(6-12)21(30)31/h2-8,10,30-31H,9H2,1H3,(H2,23,29)(H,24,25,26,27). The highest BCUT2D eigenvalue weighted by molar-refractivity contribution is 6.58. The maximum atomic E-state index is 14.1. The molecule has 4 rings (SSSR count). The van der Waals surface area contributed by atoms with E-state index < -0.39 is 18.8 Å². The van der Waals surface area contributed by atoms with Crippen molar-refractivity contribution in [3.05, 3.63) is 71.4 Å². The summed E-state index contributed by atoms with van der Waals surface area (Å²) < 4.78 is 15.7. The molecule has 2 aromatic heterocycles. The molecular weight excluding hydrogens is 402 g/mol. The first-order valence-corrected chi connectivity index (χ1v) is 9.33. The molecule has 0 aliphatic heterocycles. The first-order valence-electron chi connectivity index (χ1n) is 9.33. The zero-order chi connectivity index (χ0) is 22.1. The molecule has 1 amide bonds. The molecule has 5 N–H and O–H groups in total. The Morgan fingerprint density at radius 3 is 2.77 bits per heavy atom. The smallest absolute Gasteiger partial charge is 0.423 e. The van der Waals surface area contributed by atoms with Gasteiger partial charge in [0.2, 0.25) is 17.8 Å². The van der Waals surface area contributed by atoms with Gasteiger partial charge in [-0.15, -0.1) is 0 Å². The van der Waals surface area contributed by atoms with Crippen molar-refractivity contribution in [3.63, 3.8) is 0 Å². The highest BCUT2D eigenvalue weighted by Gasteiger charge is 2.17. The fraction of sp³-hybridized carbons (Fsp3) is 0.100. The molecule has 0 unspecified atom stereocenters. The van der Waals surface area contributed by atoms with Crippen molar-refractivity contribution in [1.29, 1.82) is 0 Å². The van der Waals surface area contributed by atoms with Gasteiger partial charge in [0.05, 0.1) is 11.1 Å². The lowest BCUT2D eigenvalue weighted by Gasteiger charge is -2.10. The van der Waals surface area contributed by atoms with Crippen molar-refractivity contribution in [2.24, 2.45) is 5.73 Å². The Morgan fingerprint density at radius 1 is 1.23 bits per heavy atom. The third-order valence-electron chi connectivity index (χ3n) is 4.79. The number of carbonyl (C=O) groups excluding carboxylic acids is 1. The van der Waals surface area contributed by atoms with Gasteiger partial charge in [-0.05, 0) is 36.1 Å². The van der Waals surface area contributed by atoms with Crippen LogP contribution in [0.15, 0.2) is 48.8 Å². The number of carbonyl (C=O) groups is 1. The first kappa shape index (κ1) is 20.4. The SMILES string of the molecule is Cc1cc2c(C(N)=O)cc(F)cc2n1-c1ncnc(NCc2cccc(B(O)O)c2)n1. The second-order valence-corrected chi connectivity index (χ2v) is 6.95. The molecular formula is C20H18BFN6O3. The molecule has 0 atom stereocenters. The van der Waals surface area contributed by atoms with E-state index in [0.717, 1.165) is 11.6 Å². The van der Waals surface area contributed by atoms with Crippen molar-refractivity contribution in [2.75, 3.05) is 5.32 Å². The van der Waals surface area contributed by atoms with Crippen molar-refractivity contribution in [1.82, 2.24) is 19.5 Å². The molecule has 0 fully saturated rings. The number of nitrogens with two attached hydrogens (primary N) is 1. The van der Waals surface area contributed by atoms with Crippen LogP contribution in [0.25, 0.3) is 16.9 Å². The Balaban J connectivity index is 1.67. The van der Waals surface area contributed by atoms with Crippen molar-refractivity contribution < 1.29 is 19.2 Å². The van der Waals surface area contributed by atoms with Crippen molar-refractivity contribution >= 4 is 35.3 Å². The first-order chi connectivity index (χ1) is 14.8. The number of nitrogens with one attached hydrogen (secondary N) is 1. The average Bonchev–Trinajstić information content (AvgIpc) is 3.07. The number of hydrogen-bond acceptors (Lipinski definition) is 7. The van der Waals surface area contributed by atoms with E-state index in [9.17, 15) is 19.2 Å². The number of aryl methyl sites for hydroxylation is 1. The Hall–Kier alpha value is -3.83.